The summed E-state index contributed by atoms with van der Waals surface area (Å²) in [4.78, 5) is 0. The van der Waals surface area contributed by atoms with E-state index in [1.807, 2.05) is 49.4 Å². The third kappa shape index (κ3) is 10.0. The van der Waals surface area contributed by atoms with Gasteiger partial charge in [0, 0.05) is 17.9 Å². The van der Waals surface area contributed by atoms with Crippen LogP contribution in [-0.2, 0) is 0 Å². The number of quaternary nitrogens is 2. The minimum atomic E-state index is 0.159. The Morgan fingerprint density at radius 1 is 0.552 bits per heavy atom. The molecule has 0 bridgehead atoms. The zero-order valence-corrected chi connectivity index (χ0v) is 18.3. The molecule has 3 rings (SSSR count). The van der Waals surface area contributed by atoms with Gasteiger partial charge in [0.1, 0.15) is 0 Å². The predicted molar refractivity (Wildman–Crippen MR) is 124 cm³/mol. The quantitative estimate of drug-likeness (QED) is 0.606. The van der Waals surface area contributed by atoms with E-state index in [0.717, 1.165) is 13.1 Å². The molecule has 0 radical (unpaired) electrons. The van der Waals surface area contributed by atoms with Gasteiger partial charge in [0.25, 0.3) is 0 Å². The molecular weight excluding hydrogens is 354 g/mol. The first-order valence-corrected chi connectivity index (χ1v) is 10.5. The van der Waals surface area contributed by atoms with Gasteiger partial charge in [0.05, 0.1) is 13.1 Å². The molecule has 0 heterocycles. The highest BCUT2D eigenvalue weighted by atomic mass is 14.6. The monoisotopic (exact) mass is 393 g/mol. The van der Waals surface area contributed by atoms with Crippen LogP contribution in [0, 0.1) is 0 Å². The van der Waals surface area contributed by atoms with Gasteiger partial charge in [-0.15, -0.1) is 0 Å². The first-order chi connectivity index (χ1) is 14.0. The largest absolute Gasteiger partial charge is 0.357 e. The number of rotatable bonds is 5. The average Bonchev–Trinajstić information content (AvgIpc) is 2.80. The third-order valence-electron chi connectivity index (χ3n) is 4.93. The number of benzene rings is 3. The van der Waals surface area contributed by atoms with Gasteiger partial charge in [0.2, 0.25) is 0 Å². The predicted octanol–water partition coefficient (Wildman–Crippen LogP) is 3.77. The van der Waals surface area contributed by atoms with E-state index in [2.05, 4.69) is 73.8 Å². The van der Waals surface area contributed by atoms with Crippen molar-refractivity contribution in [2.24, 2.45) is 5.73 Å². The van der Waals surface area contributed by atoms with Crippen LogP contribution in [0.4, 0.5) is 0 Å². The number of hydrogen-bond acceptors (Lipinski definition) is 1. The first-order valence-electron chi connectivity index (χ1n) is 10.5. The molecule has 29 heavy (non-hydrogen) atoms. The lowest BCUT2D eigenvalue weighted by atomic mass is 10.0. The Labute approximate surface area is 176 Å². The second kappa shape index (κ2) is 14.5. The van der Waals surface area contributed by atoms with Gasteiger partial charge in [-0.05, 0) is 23.6 Å². The van der Waals surface area contributed by atoms with E-state index in [-0.39, 0.29) is 6.04 Å². The molecule has 3 atom stereocenters. The van der Waals surface area contributed by atoms with Gasteiger partial charge < -0.3 is 17.2 Å². The van der Waals surface area contributed by atoms with Gasteiger partial charge in [-0.25, -0.2) is 0 Å². The summed E-state index contributed by atoms with van der Waals surface area (Å²) in [5.74, 6) is 1.20. The van der Waals surface area contributed by atoms with Crippen molar-refractivity contribution in [2.75, 3.05) is 13.1 Å². The van der Waals surface area contributed by atoms with Crippen LogP contribution in [0.3, 0.4) is 0 Å². The summed E-state index contributed by atoms with van der Waals surface area (Å²) < 4.78 is 0. The van der Waals surface area contributed by atoms with Crippen molar-refractivity contribution in [3.8, 4) is 0 Å². The zero-order chi connectivity index (χ0) is 21.5. The average molecular weight is 394 g/mol. The third-order valence-corrected chi connectivity index (χ3v) is 4.93. The molecule has 156 valence electrons. The molecule has 2 unspecified atom stereocenters. The van der Waals surface area contributed by atoms with Crippen LogP contribution in [0.1, 0.15) is 55.3 Å². The Kier molecular flexibility index (Phi) is 12.3. The summed E-state index contributed by atoms with van der Waals surface area (Å²) in [6.45, 7) is 8.33. The van der Waals surface area contributed by atoms with Gasteiger partial charge >= 0.3 is 0 Å². The van der Waals surface area contributed by atoms with Gasteiger partial charge in [0.15, 0.2) is 0 Å². The second-order valence-corrected chi connectivity index (χ2v) is 7.40. The Morgan fingerprint density at radius 3 is 1.03 bits per heavy atom. The van der Waals surface area contributed by atoms with Crippen molar-refractivity contribution in [1.82, 2.24) is 0 Å². The molecule has 3 heteroatoms. The molecule has 0 fully saturated rings. The maximum absolute atomic E-state index is 5.61. The van der Waals surface area contributed by atoms with Crippen molar-refractivity contribution in [1.29, 1.82) is 0 Å². The smallest absolute Gasteiger partial charge is 0.0806 e. The van der Waals surface area contributed by atoms with E-state index in [1.165, 1.54) is 16.7 Å². The molecule has 0 aliphatic heterocycles. The molecule has 3 aromatic rings. The lowest BCUT2D eigenvalue weighted by Crippen LogP contribution is -2.52. The molecule has 3 aromatic carbocycles. The molecule has 0 spiro atoms. The molecule has 8 N–H and O–H groups in total. The van der Waals surface area contributed by atoms with E-state index >= 15 is 0 Å². The number of nitrogens with two attached hydrogens (primary N) is 1. The Bertz CT molecular complexity index is 697. The van der Waals surface area contributed by atoms with Crippen LogP contribution in [0.2, 0.25) is 0 Å². The first kappa shape index (κ1) is 24.6. The highest BCUT2D eigenvalue weighted by molar-refractivity contribution is 5.19. The zero-order valence-electron chi connectivity index (χ0n) is 18.3. The van der Waals surface area contributed by atoms with Crippen molar-refractivity contribution >= 4 is 0 Å². The van der Waals surface area contributed by atoms with E-state index < -0.39 is 0 Å². The van der Waals surface area contributed by atoms with Crippen LogP contribution in [0.15, 0.2) is 91.0 Å². The summed E-state index contributed by atoms with van der Waals surface area (Å²) in [5, 5.41) is 0. The molecule has 0 saturated heterocycles. The van der Waals surface area contributed by atoms with Crippen LogP contribution in [-0.4, -0.2) is 13.1 Å². The Hall–Kier alpha value is -2.46. The minimum absolute atomic E-state index is 0.159. The Morgan fingerprint density at radius 2 is 0.828 bits per heavy atom. The normalized spacial score (nSPS) is 13.0. The summed E-state index contributed by atoms with van der Waals surface area (Å²) >= 11 is 0. The summed E-state index contributed by atoms with van der Waals surface area (Å²) in [6.07, 6.45) is 0. The lowest BCUT2D eigenvalue weighted by molar-refractivity contribution is -0.372. The van der Waals surface area contributed by atoms with Crippen molar-refractivity contribution in [3.63, 3.8) is 0 Å². The molecule has 0 amide bonds. The van der Waals surface area contributed by atoms with Gasteiger partial charge in [-0.1, -0.05) is 105 Å². The lowest BCUT2D eigenvalue weighted by Gasteiger charge is -2.04. The van der Waals surface area contributed by atoms with Crippen molar-refractivity contribution in [2.45, 2.75) is 38.6 Å². The fourth-order valence-electron chi connectivity index (χ4n) is 2.65. The SMILES string of the molecule is CC(C[NH3+])c1ccccc1.CC(C[NH3+])c1ccccc1.C[C@H](N)c1ccccc1. The number of hydrogen-bond donors (Lipinski definition) is 3. The minimum Gasteiger partial charge on any atom is -0.357 e. The second-order valence-electron chi connectivity index (χ2n) is 7.40. The van der Waals surface area contributed by atoms with Gasteiger partial charge in [-0.2, -0.15) is 0 Å². The maximum atomic E-state index is 5.61. The highest BCUT2D eigenvalue weighted by Gasteiger charge is 2.02. The van der Waals surface area contributed by atoms with E-state index in [9.17, 15) is 0 Å². The standard InChI is InChI=1S/2C9H13N.C8H11N/c2*1-8(7-10)9-5-3-2-4-6-9;1-7(9)8-5-3-2-4-6-8/h2*2-6,8H,7,10H2,1H3;2-7H,9H2,1H3/p+2/t;;7-/m..0/s1. The maximum Gasteiger partial charge on any atom is 0.0806 e. The molecule has 0 aliphatic carbocycles. The van der Waals surface area contributed by atoms with Gasteiger partial charge in [-0.3, -0.25) is 0 Å². The molecule has 0 aromatic heterocycles. The van der Waals surface area contributed by atoms with E-state index in [4.69, 9.17) is 5.73 Å². The van der Waals surface area contributed by atoms with Crippen molar-refractivity contribution in [3.05, 3.63) is 108 Å². The summed E-state index contributed by atoms with van der Waals surface area (Å²) in [6, 6.07) is 31.2. The Balaban J connectivity index is 0.000000218. The highest BCUT2D eigenvalue weighted by Crippen LogP contribution is 2.11. The fraction of sp³-hybridized carbons (Fsp3) is 0.308. The molecular formula is C26H39N3+2. The van der Waals surface area contributed by atoms with Crippen LogP contribution in [0.5, 0.6) is 0 Å². The van der Waals surface area contributed by atoms with E-state index in [0.29, 0.717) is 11.8 Å². The summed E-state index contributed by atoms with van der Waals surface area (Å²) in [5.41, 5.74) is 17.3. The van der Waals surface area contributed by atoms with Crippen molar-refractivity contribution < 1.29 is 11.5 Å². The fourth-order valence-corrected chi connectivity index (χ4v) is 2.65. The molecule has 0 saturated carbocycles. The molecule has 3 nitrogen and oxygen atoms in total. The van der Waals surface area contributed by atoms with Crippen LogP contribution >= 0.6 is 0 Å². The van der Waals surface area contributed by atoms with Crippen LogP contribution < -0.4 is 17.2 Å². The topological polar surface area (TPSA) is 81.3 Å². The van der Waals surface area contributed by atoms with E-state index in [1.54, 1.807) is 0 Å². The molecule has 0 aliphatic rings. The van der Waals surface area contributed by atoms with Crippen LogP contribution in [0.25, 0.3) is 0 Å². The summed E-state index contributed by atoms with van der Waals surface area (Å²) in [7, 11) is 0.